The first-order chi connectivity index (χ1) is 34.6. The Morgan fingerprint density at radius 1 is 0.722 bits per heavy atom. The number of carboxylic acids is 2. The third-order valence-electron chi connectivity index (χ3n) is 15.9. The number of halogens is 4. The van der Waals surface area contributed by atoms with Crippen molar-refractivity contribution in [3.05, 3.63) is 106 Å². The van der Waals surface area contributed by atoms with E-state index in [1.54, 1.807) is 34.5 Å². The van der Waals surface area contributed by atoms with Crippen molar-refractivity contribution in [2.24, 2.45) is 11.8 Å². The molecule has 8 heterocycles. The molecule has 4 aromatic heterocycles. The molecule has 4 aromatic rings. The number of nitrogens with one attached hydrogen (secondary N) is 2. The monoisotopic (exact) mass is 999 g/mol. The summed E-state index contributed by atoms with van der Waals surface area (Å²) in [7, 11) is 0. The lowest BCUT2D eigenvalue weighted by Gasteiger charge is -2.36. The number of unbranched alkanes of at least 4 members (excludes halogenated alkanes) is 2. The van der Waals surface area contributed by atoms with Gasteiger partial charge in [-0.25, -0.2) is 27.5 Å². The van der Waals surface area contributed by atoms with E-state index in [0.717, 1.165) is 78.4 Å². The lowest BCUT2D eigenvalue weighted by molar-refractivity contribution is -0.144. The standard InChI is InChI=1S/C55H70F4N8O5/c1-34(2)72-33-37-17-24-60-29-45(37)48(52(68)69)66-27-20-38(31-66)54(56,57)22-5-3-7-40-13-11-36-12-16-47(65-50(36)63-40)43-19-26-62-51-44(43)15-14-41(64-51)8-4-6-23-55(58,59)39-21-28-67(32-39)49(53(70)71)46-30-61-25-18-42(46)35-9-10-35/h11,13-15,17-18,24-25,29-30,34-35,38-39,43,47-49H,3-10,12,16,19-23,26-28,31-33H2,1-2H3,(H,62,64)(H,63,65)(H,68,69)(H,70,71)/t38-,39-,43?,47?,48?,49?/m1/s1. The van der Waals surface area contributed by atoms with Gasteiger partial charge >= 0.3 is 11.9 Å². The highest BCUT2D eigenvalue weighted by molar-refractivity contribution is 5.77. The summed E-state index contributed by atoms with van der Waals surface area (Å²) in [5.74, 6) is -7.63. The van der Waals surface area contributed by atoms with Crippen LogP contribution < -0.4 is 10.6 Å². The maximum atomic E-state index is 15.7. The number of aromatic nitrogens is 4. The first-order valence-electron chi connectivity index (χ1n) is 26.3. The number of fused-ring (bicyclic) bond motifs is 2. The SMILES string of the molecule is CC(C)OCc1ccncc1C(C(=O)O)N1CC[C@@H](C(F)(F)CCCCc2ccc3c(n2)NC(C2CCNc4nc(CCCCC(F)(F)[C@@H]5CCN(C(C(=O)O)c6cnccc6C6CC6)C5)ccc42)CC3)C1. The molecule has 388 valence electrons. The highest BCUT2D eigenvalue weighted by atomic mass is 19.3. The number of carbonyl (C=O) groups is 2. The fourth-order valence-electron chi connectivity index (χ4n) is 11.8. The molecule has 3 fully saturated rings. The van der Waals surface area contributed by atoms with E-state index in [9.17, 15) is 19.8 Å². The van der Waals surface area contributed by atoms with E-state index in [4.69, 9.17) is 14.7 Å². The van der Waals surface area contributed by atoms with Gasteiger partial charge in [0.05, 0.1) is 12.7 Å². The van der Waals surface area contributed by atoms with Gasteiger partial charge < -0.3 is 25.6 Å². The molecular formula is C55H70F4N8O5. The van der Waals surface area contributed by atoms with Crippen molar-refractivity contribution in [2.45, 2.75) is 165 Å². The van der Waals surface area contributed by atoms with Crippen molar-refractivity contribution in [1.82, 2.24) is 29.7 Å². The predicted octanol–water partition coefficient (Wildman–Crippen LogP) is 10.4. The molecule has 0 amide bonds. The van der Waals surface area contributed by atoms with Gasteiger partial charge in [-0.1, -0.05) is 12.1 Å². The van der Waals surface area contributed by atoms with Crippen molar-refractivity contribution in [1.29, 1.82) is 0 Å². The van der Waals surface area contributed by atoms with Gasteiger partial charge in [0, 0.05) is 104 Å². The van der Waals surface area contributed by atoms with Crippen molar-refractivity contribution < 1.29 is 42.1 Å². The number of hydrogen-bond donors (Lipinski definition) is 4. The third kappa shape index (κ3) is 12.1. The zero-order valence-electron chi connectivity index (χ0n) is 41.6. The molecule has 13 nitrogen and oxygen atoms in total. The Balaban J connectivity index is 0.729. The van der Waals surface area contributed by atoms with Crippen LogP contribution in [0.4, 0.5) is 29.2 Å². The largest absolute Gasteiger partial charge is 0.480 e. The summed E-state index contributed by atoms with van der Waals surface area (Å²) in [6.45, 7) is 5.36. The molecule has 5 aliphatic rings. The van der Waals surface area contributed by atoms with Crippen LogP contribution in [0.25, 0.3) is 0 Å². The number of ether oxygens (including phenoxy) is 1. The number of carboxylic acid groups (broad SMARTS) is 2. The second kappa shape index (κ2) is 22.5. The van der Waals surface area contributed by atoms with Gasteiger partial charge in [-0.2, -0.15) is 0 Å². The van der Waals surface area contributed by atoms with Gasteiger partial charge in [0.15, 0.2) is 0 Å². The number of aryl methyl sites for hydroxylation is 3. The lowest BCUT2D eigenvalue weighted by atomic mass is 9.82. The topological polar surface area (TPSA) is 166 Å². The average Bonchev–Trinajstić information content (AvgIpc) is 3.87. The molecule has 6 atom stereocenters. The van der Waals surface area contributed by atoms with Crippen LogP contribution in [0.3, 0.4) is 0 Å². The number of pyridine rings is 4. The minimum atomic E-state index is -2.94. The molecule has 1 aliphatic carbocycles. The zero-order valence-corrected chi connectivity index (χ0v) is 41.6. The minimum Gasteiger partial charge on any atom is -0.480 e. The molecule has 4 unspecified atom stereocenters. The summed E-state index contributed by atoms with van der Waals surface area (Å²) >= 11 is 0. The number of nitrogens with zero attached hydrogens (tertiary/aromatic N) is 6. The fourth-order valence-corrected chi connectivity index (χ4v) is 11.8. The quantitative estimate of drug-likeness (QED) is 0.0410. The Morgan fingerprint density at radius 3 is 1.94 bits per heavy atom. The van der Waals surface area contributed by atoms with E-state index in [2.05, 4.69) is 32.7 Å². The van der Waals surface area contributed by atoms with Gasteiger partial charge in [0.25, 0.3) is 11.8 Å². The Morgan fingerprint density at radius 2 is 1.32 bits per heavy atom. The maximum absolute atomic E-state index is 15.7. The molecule has 0 radical (unpaired) electrons. The van der Waals surface area contributed by atoms with Crippen molar-refractivity contribution >= 4 is 23.6 Å². The summed E-state index contributed by atoms with van der Waals surface area (Å²) in [4.78, 5) is 46.7. The summed E-state index contributed by atoms with van der Waals surface area (Å²) in [5, 5.41) is 27.7. The Hall–Kier alpha value is -5.26. The van der Waals surface area contributed by atoms with Crippen molar-refractivity contribution in [3.8, 4) is 0 Å². The molecule has 0 spiro atoms. The number of likely N-dealkylation sites (tertiary alicyclic amines) is 2. The Labute approximate surface area is 420 Å². The number of anilines is 2. The van der Waals surface area contributed by atoms with Crippen LogP contribution in [0.5, 0.6) is 0 Å². The Bertz CT molecular complexity index is 2530. The van der Waals surface area contributed by atoms with E-state index >= 15 is 17.6 Å². The van der Waals surface area contributed by atoms with Crippen molar-refractivity contribution in [3.63, 3.8) is 0 Å². The smallest absolute Gasteiger partial charge is 0.325 e. The third-order valence-corrected chi connectivity index (χ3v) is 15.9. The minimum absolute atomic E-state index is 0.0120. The molecule has 2 saturated heterocycles. The van der Waals surface area contributed by atoms with Crippen LogP contribution in [0.1, 0.15) is 160 Å². The molecule has 1 saturated carbocycles. The van der Waals surface area contributed by atoms with Gasteiger partial charge in [-0.05, 0) is 163 Å². The molecule has 4 N–H and O–H groups in total. The zero-order chi connectivity index (χ0) is 50.6. The van der Waals surface area contributed by atoms with Crippen LogP contribution in [0, 0.1) is 11.8 Å². The number of rotatable bonds is 23. The highest BCUT2D eigenvalue weighted by Crippen LogP contribution is 2.46. The summed E-state index contributed by atoms with van der Waals surface area (Å²) in [6, 6.07) is 9.90. The van der Waals surface area contributed by atoms with Gasteiger partial charge in [-0.3, -0.25) is 29.4 Å². The fraction of sp³-hybridized carbons (Fsp3) is 0.600. The predicted molar refractivity (Wildman–Crippen MR) is 266 cm³/mol. The normalized spacial score (nSPS) is 22.5. The van der Waals surface area contributed by atoms with Gasteiger partial charge in [0.2, 0.25) is 0 Å². The molecule has 9 rings (SSSR count). The van der Waals surface area contributed by atoms with E-state index < -0.39 is 47.7 Å². The summed E-state index contributed by atoms with van der Waals surface area (Å²) < 4.78 is 68.6. The maximum Gasteiger partial charge on any atom is 0.325 e. The van der Waals surface area contributed by atoms with Crippen LogP contribution in [-0.4, -0.2) is 109 Å². The average molecular weight is 999 g/mol. The van der Waals surface area contributed by atoms with Crippen LogP contribution in [0.15, 0.2) is 61.2 Å². The van der Waals surface area contributed by atoms with Crippen LogP contribution in [-0.2, 0) is 40.2 Å². The van der Waals surface area contributed by atoms with Gasteiger partial charge in [-0.15, -0.1) is 0 Å². The molecular weight excluding hydrogens is 929 g/mol. The molecule has 17 heteroatoms. The highest BCUT2D eigenvalue weighted by Gasteiger charge is 2.48. The van der Waals surface area contributed by atoms with E-state index in [-0.39, 0.29) is 70.0 Å². The van der Waals surface area contributed by atoms with Crippen molar-refractivity contribution in [2.75, 3.05) is 43.4 Å². The second-order valence-electron chi connectivity index (χ2n) is 21.3. The molecule has 4 aliphatic heterocycles. The number of aliphatic carboxylic acids is 2. The lowest BCUT2D eigenvalue weighted by Crippen LogP contribution is -2.36. The van der Waals surface area contributed by atoms with Crippen LogP contribution >= 0.6 is 0 Å². The van der Waals surface area contributed by atoms with E-state index in [0.29, 0.717) is 67.7 Å². The number of hydrogen-bond acceptors (Lipinski definition) is 11. The van der Waals surface area contributed by atoms with Crippen LogP contribution in [0.2, 0.25) is 0 Å². The molecule has 0 bridgehead atoms. The molecule has 0 aromatic carbocycles. The van der Waals surface area contributed by atoms with E-state index in [1.807, 2.05) is 32.0 Å². The first kappa shape index (κ1) is 51.6. The second-order valence-corrected chi connectivity index (χ2v) is 21.3. The molecule has 72 heavy (non-hydrogen) atoms. The van der Waals surface area contributed by atoms with Gasteiger partial charge in [0.1, 0.15) is 23.7 Å². The first-order valence-corrected chi connectivity index (χ1v) is 26.3. The summed E-state index contributed by atoms with van der Waals surface area (Å²) in [6.07, 6.45) is 13.9. The summed E-state index contributed by atoms with van der Waals surface area (Å²) in [5.41, 5.74) is 6.73. The number of alkyl halides is 4. The Kier molecular flexibility index (Phi) is 16.1. The van der Waals surface area contributed by atoms with E-state index in [1.165, 1.54) is 6.20 Å².